The average molecular weight is 270 g/mol. The van der Waals surface area contributed by atoms with Crippen LogP contribution in [0.5, 0.6) is 0 Å². The molecular formula is C13H22N2O4. The zero-order valence-corrected chi connectivity index (χ0v) is 11.7. The van der Waals surface area contributed by atoms with Gasteiger partial charge in [-0.05, 0) is 19.3 Å². The second-order valence-corrected chi connectivity index (χ2v) is 4.63. The van der Waals surface area contributed by atoms with Gasteiger partial charge < -0.3 is 15.4 Å². The van der Waals surface area contributed by atoms with Crippen LogP contribution in [0.2, 0.25) is 0 Å². The molecule has 0 aromatic heterocycles. The summed E-state index contributed by atoms with van der Waals surface area (Å²) in [6, 6.07) is 0. The van der Waals surface area contributed by atoms with Crippen LogP contribution in [0.4, 0.5) is 0 Å². The molecule has 108 valence electrons. The van der Waals surface area contributed by atoms with E-state index in [1.165, 1.54) is 0 Å². The fourth-order valence-electron chi connectivity index (χ4n) is 1.02. The molecule has 0 saturated heterocycles. The second-order valence-electron chi connectivity index (χ2n) is 4.63. The van der Waals surface area contributed by atoms with E-state index in [0.29, 0.717) is 24.5 Å². The Labute approximate surface area is 113 Å². The van der Waals surface area contributed by atoms with Gasteiger partial charge in [-0.2, -0.15) is 0 Å². The minimum Gasteiger partial charge on any atom is -0.462 e. The highest BCUT2D eigenvalue weighted by molar-refractivity contribution is 6.35. The van der Waals surface area contributed by atoms with Crippen molar-refractivity contribution in [3.05, 3.63) is 12.2 Å². The fourth-order valence-corrected chi connectivity index (χ4v) is 1.02. The average Bonchev–Trinajstić information content (AvgIpc) is 2.34. The molecule has 0 aliphatic rings. The van der Waals surface area contributed by atoms with E-state index in [2.05, 4.69) is 17.2 Å². The number of carbonyl (C=O) groups excluding carboxylic acids is 3. The predicted molar refractivity (Wildman–Crippen MR) is 71.2 cm³/mol. The van der Waals surface area contributed by atoms with Gasteiger partial charge in [-0.3, -0.25) is 9.59 Å². The van der Waals surface area contributed by atoms with Gasteiger partial charge in [0.1, 0.15) is 0 Å². The molecule has 6 nitrogen and oxygen atoms in total. The van der Waals surface area contributed by atoms with Crippen LogP contribution in [-0.4, -0.2) is 37.5 Å². The van der Waals surface area contributed by atoms with Crippen LogP contribution in [0.1, 0.15) is 27.2 Å². The number of hydrogen-bond acceptors (Lipinski definition) is 4. The monoisotopic (exact) mass is 270 g/mol. The zero-order valence-electron chi connectivity index (χ0n) is 11.7. The van der Waals surface area contributed by atoms with Gasteiger partial charge in [0.2, 0.25) is 0 Å². The first kappa shape index (κ1) is 17.2. The molecule has 0 saturated carbocycles. The number of rotatable bonds is 7. The lowest BCUT2D eigenvalue weighted by molar-refractivity contribution is -0.140. The summed E-state index contributed by atoms with van der Waals surface area (Å²) in [5.74, 6) is -1.49. The predicted octanol–water partition coefficient (Wildman–Crippen LogP) is 0.384. The van der Waals surface area contributed by atoms with Gasteiger partial charge in [0, 0.05) is 18.7 Å². The number of amides is 2. The molecule has 0 rings (SSSR count). The summed E-state index contributed by atoms with van der Waals surface area (Å²) >= 11 is 0. The van der Waals surface area contributed by atoms with E-state index in [1.54, 1.807) is 6.92 Å². The summed E-state index contributed by atoms with van der Waals surface area (Å²) in [4.78, 5) is 33.6. The normalized spacial score (nSPS) is 9.89. The van der Waals surface area contributed by atoms with Crippen LogP contribution in [0.15, 0.2) is 12.2 Å². The standard InChI is InChI=1S/C13H22N2O4/c1-9(2)8-15-12(17)11(16)14-6-5-7-19-13(18)10(3)4/h9H,3,5-8H2,1-2,4H3,(H,14,16)(H,15,17). The highest BCUT2D eigenvalue weighted by Crippen LogP contribution is 1.92. The fraction of sp³-hybridized carbons (Fsp3) is 0.615. The van der Waals surface area contributed by atoms with E-state index in [0.717, 1.165) is 0 Å². The molecule has 0 spiro atoms. The molecule has 6 heteroatoms. The third-order valence-electron chi connectivity index (χ3n) is 2.07. The zero-order chi connectivity index (χ0) is 14.8. The molecule has 0 heterocycles. The van der Waals surface area contributed by atoms with Crippen molar-refractivity contribution in [1.29, 1.82) is 0 Å². The van der Waals surface area contributed by atoms with E-state index in [-0.39, 0.29) is 13.2 Å². The van der Waals surface area contributed by atoms with Crippen molar-refractivity contribution < 1.29 is 19.1 Å². The van der Waals surface area contributed by atoms with Gasteiger partial charge >= 0.3 is 17.8 Å². The molecule has 2 amide bonds. The molecule has 19 heavy (non-hydrogen) atoms. The molecule has 0 aromatic carbocycles. The van der Waals surface area contributed by atoms with Crippen LogP contribution in [0.3, 0.4) is 0 Å². The highest BCUT2D eigenvalue weighted by Gasteiger charge is 2.12. The molecule has 0 aliphatic carbocycles. The van der Waals surface area contributed by atoms with Gasteiger partial charge in [0.25, 0.3) is 0 Å². The van der Waals surface area contributed by atoms with Crippen LogP contribution >= 0.6 is 0 Å². The van der Waals surface area contributed by atoms with E-state index in [1.807, 2.05) is 13.8 Å². The first-order chi connectivity index (χ1) is 8.84. The van der Waals surface area contributed by atoms with E-state index >= 15 is 0 Å². The van der Waals surface area contributed by atoms with Crippen molar-refractivity contribution in [2.45, 2.75) is 27.2 Å². The van der Waals surface area contributed by atoms with Gasteiger partial charge in [-0.15, -0.1) is 0 Å². The van der Waals surface area contributed by atoms with Crippen LogP contribution in [0.25, 0.3) is 0 Å². The molecule has 0 radical (unpaired) electrons. The Morgan fingerprint density at radius 2 is 1.74 bits per heavy atom. The number of hydrogen-bond donors (Lipinski definition) is 2. The van der Waals surface area contributed by atoms with Crippen molar-refractivity contribution in [3.8, 4) is 0 Å². The van der Waals surface area contributed by atoms with Crippen LogP contribution in [0, 0.1) is 5.92 Å². The van der Waals surface area contributed by atoms with Crippen molar-refractivity contribution in [2.75, 3.05) is 19.7 Å². The SMILES string of the molecule is C=C(C)C(=O)OCCCNC(=O)C(=O)NCC(C)C. The topological polar surface area (TPSA) is 84.5 Å². The van der Waals surface area contributed by atoms with E-state index in [9.17, 15) is 14.4 Å². The largest absolute Gasteiger partial charge is 0.462 e. The minimum atomic E-state index is -0.674. The van der Waals surface area contributed by atoms with Crippen LogP contribution < -0.4 is 10.6 Å². The Morgan fingerprint density at radius 1 is 1.16 bits per heavy atom. The molecule has 0 aromatic rings. The highest BCUT2D eigenvalue weighted by atomic mass is 16.5. The Balaban J connectivity index is 3.66. The van der Waals surface area contributed by atoms with Crippen molar-refractivity contribution >= 4 is 17.8 Å². The van der Waals surface area contributed by atoms with Gasteiger partial charge in [0.05, 0.1) is 6.61 Å². The Bertz CT molecular complexity index is 351. The lowest BCUT2D eigenvalue weighted by Crippen LogP contribution is -2.41. The second kappa shape index (κ2) is 9.13. The van der Waals surface area contributed by atoms with Gasteiger partial charge in [0.15, 0.2) is 0 Å². The molecule has 0 unspecified atom stereocenters. The molecule has 2 N–H and O–H groups in total. The van der Waals surface area contributed by atoms with E-state index in [4.69, 9.17) is 4.74 Å². The lowest BCUT2D eigenvalue weighted by atomic mass is 10.2. The number of carbonyl (C=O) groups is 3. The summed E-state index contributed by atoms with van der Waals surface area (Å²) in [5.41, 5.74) is 0.331. The summed E-state index contributed by atoms with van der Waals surface area (Å²) in [6.45, 7) is 9.79. The molecular weight excluding hydrogens is 248 g/mol. The molecule has 0 atom stereocenters. The maximum Gasteiger partial charge on any atom is 0.333 e. The third kappa shape index (κ3) is 8.82. The first-order valence-electron chi connectivity index (χ1n) is 6.23. The number of ether oxygens (including phenoxy) is 1. The molecule has 0 bridgehead atoms. The third-order valence-corrected chi connectivity index (χ3v) is 2.07. The smallest absolute Gasteiger partial charge is 0.333 e. The summed E-state index contributed by atoms with van der Waals surface area (Å²) in [6.07, 6.45) is 0.447. The minimum absolute atomic E-state index is 0.180. The number of nitrogens with one attached hydrogen (secondary N) is 2. The maximum absolute atomic E-state index is 11.3. The van der Waals surface area contributed by atoms with Crippen molar-refractivity contribution in [1.82, 2.24) is 10.6 Å². The summed E-state index contributed by atoms with van der Waals surface area (Å²) in [5, 5.41) is 4.95. The lowest BCUT2D eigenvalue weighted by Gasteiger charge is -2.08. The van der Waals surface area contributed by atoms with Crippen molar-refractivity contribution in [3.63, 3.8) is 0 Å². The van der Waals surface area contributed by atoms with Gasteiger partial charge in [-0.1, -0.05) is 20.4 Å². The van der Waals surface area contributed by atoms with Gasteiger partial charge in [-0.25, -0.2) is 4.79 Å². The molecule has 0 fully saturated rings. The van der Waals surface area contributed by atoms with Crippen molar-refractivity contribution in [2.24, 2.45) is 5.92 Å². The Hall–Kier alpha value is -1.85. The van der Waals surface area contributed by atoms with Crippen LogP contribution in [-0.2, 0) is 19.1 Å². The van der Waals surface area contributed by atoms with E-state index < -0.39 is 17.8 Å². The Kier molecular flexibility index (Phi) is 8.24. The molecule has 0 aliphatic heterocycles. The Morgan fingerprint density at radius 3 is 2.26 bits per heavy atom. The quantitative estimate of drug-likeness (QED) is 0.303. The number of esters is 1. The maximum atomic E-state index is 11.3. The summed E-state index contributed by atoms with van der Waals surface area (Å²) < 4.78 is 4.83. The first-order valence-corrected chi connectivity index (χ1v) is 6.23. The summed E-state index contributed by atoms with van der Waals surface area (Å²) in [7, 11) is 0.